The molecule has 0 aliphatic carbocycles. The quantitative estimate of drug-likeness (QED) is 0.773. The van der Waals surface area contributed by atoms with Gasteiger partial charge in [0, 0.05) is 31.2 Å². The number of aromatic hydroxyl groups is 1. The lowest BCUT2D eigenvalue weighted by molar-refractivity contribution is 0.109. The summed E-state index contributed by atoms with van der Waals surface area (Å²) in [4.78, 5) is 17.4. The van der Waals surface area contributed by atoms with Gasteiger partial charge in [0.05, 0.1) is 12.2 Å². The molecule has 0 bridgehead atoms. The number of amides is 1. The van der Waals surface area contributed by atoms with Crippen LogP contribution in [0.25, 0.3) is 0 Å². The monoisotopic (exact) mass is 422 g/mol. The van der Waals surface area contributed by atoms with E-state index in [1.54, 1.807) is 12.1 Å². The Bertz CT molecular complexity index is 1040. The maximum atomic E-state index is 12.7. The summed E-state index contributed by atoms with van der Waals surface area (Å²) in [6, 6.07) is 11.4. The van der Waals surface area contributed by atoms with Crippen LogP contribution < -0.4 is 15.1 Å². The Labute approximate surface area is 183 Å². The molecule has 3 aliphatic heterocycles. The first-order valence-corrected chi connectivity index (χ1v) is 10.9. The van der Waals surface area contributed by atoms with Gasteiger partial charge in [0.15, 0.2) is 0 Å². The lowest BCUT2D eigenvalue weighted by Gasteiger charge is -2.34. The Hall–Kier alpha value is -2.77. The lowest BCUT2D eigenvalue weighted by atomic mass is 9.81. The first-order valence-electron chi connectivity index (χ1n) is 10.9. The van der Waals surface area contributed by atoms with Gasteiger partial charge in [0.1, 0.15) is 11.5 Å². The summed E-state index contributed by atoms with van der Waals surface area (Å²) in [5, 5.41) is 11.6. The number of fused-ring (bicyclic) bond motifs is 4. The number of rotatable bonds is 2. The number of phenolic OH excluding ortho intramolecular Hbond substituents is 1. The van der Waals surface area contributed by atoms with Crippen molar-refractivity contribution in [3.8, 4) is 11.5 Å². The van der Waals surface area contributed by atoms with Crippen molar-refractivity contribution >= 4 is 11.8 Å². The molecular formula is C24H30N4O3. The van der Waals surface area contributed by atoms with Crippen LogP contribution >= 0.6 is 0 Å². The Balaban J connectivity index is 1.30. The van der Waals surface area contributed by atoms with E-state index in [0.717, 1.165) is 30.5 Å². The molecule has 1 saturated heterocycles. The van der Waals surface area contributed by atoms with E-state index in [2.05, 4.69) is 42.3 Å². The summed E-state index contributed by atoms with van der Waals surface area (Å²) in [6.07, 6.45) is 1.69. The van der Waals surface area contributed by atoms with Crippen molar-refractivity contribution in [2.75, 3.05) is 32.1 Å². The van der Waals surface area contributed by atoms with Gasteiger partial charge in [-0.3, -0.25) is 10.3 Å². The summed E-state index contributed by atoms with van der Waals surface area (Å²) in [5.74, 6) is 0.842. The summed E-state index contributed by atoms with van der Waals surface area (Å²) in [6.45, 7) is 6.06. The van der Waals surface area contributed by atoms with E-state index in [0.29, 0.717) is 18.5 Å². The average molecular weight is 423 g/mol. The minimum Gasteiger partial charge on any atom is -0.508 e. The van der Waals surface area contributed by atoms with Crippen LogP contribution in [-0.2, 0) is 11.8 Å². The summed E-state index contributed by atoms with van der Waals surface area (Å²) >= 11 is 0. The van der Waals surface area contributed by atoms with Gasteiger partial charge in [0.2, 0.25) is 0 Å². The van der Waals surface area contributed by atoms with Crippen molar-refractivity contribution in [3.05, 3.63) is 53.1 Å². The highest BCUT2D eigenvalue weighted by molar-refractivity contribution is 5.72. The molecule has 1 unspecified atom stereocenters. The number of phenols is 1. The minimum atomic E-state index is -0.481. The second-order valence-corrected chi connectivity index (χ2v) is 9.32. The second kappa shape index (κ2) is 7.14. The number of anilines is 1. The molecule has 2 aromatic carbocycles. The predicted molar refractivity (Wildman–Crippen MR) is 119 cm³/mol. The van der Waals surface area contributed by atoms with Crippen molar-refractivity contribution in [2.24, 2.45) is 0 Å². The number of nitrogens with one attached hydrogen (secondary N) is 1. The van der Waals surface area contributed by atoms with E-state index in [4.69, 9.17) is 4.74 Å². The van der Waals surface area contributed by atoms with Crippen molar-refractivity contribution in [2.45, 2.75) is 44.3 Å². The Morgan fingerprint density at radius 3 is 2.81 bits per heavy atom. The summed E-state index contributed by atoms with van der Waals surface area (Å²) in [7, 11) is 4.31. The van der Waals surface area contributed by atoms with E-state index < -0.39 is 6.09 Å². The van der Waals surface area contributed by atoms with Gasteiger partial charge in [-0.25, -0.2) is 9.80 Å². The molecule has 1 amide bonds. The van der Waals surface area contributed by atoms with Crippen LogP contribution in [0.1, 0.15) is 43.0 Å². The highest BCUT2D eigenvalue weighted by Crippen LogP contribution is 2.51. The highest BCUT2D eigenvalue weighted by atomic mass is 16.6. The first-order chi connectivity index (χ1) is 14.8. The third kappa shape index (κ3) is 3.15. The highest BCUT2D eigenvalue weighted by Gasteiger charge is 2.52. The van der Waals surface area contributed by atoms with Gasteiger partial charge in [-0.15, -0.1) is 0 Å². The molecule has 7 nitrogen and oxygen atoms in total. The number of carbonyl (C=O) groups is 1. The van der Waals surface area contributed by atoms with Crippen LogP contribution in [0.2, 0.25) is 0 Å². The number of carbonyl (C=O) groups excluding carboxylic acids is 1. The van der Waals surface area contributed by atoms with Crippen molar-refractivity contribution in [1.82, 2.24) is 15.3 Å². The van der Waals surface area contributed by atoms with Gasteiger partial charge in [-0.2, -0.15) is 0 Å². The fourth-order valence-corrected chi connectivity index (χ4v) is 5.84. The fraction of sp³-hybridized carbons (Fsp3) is 0.458. The molecule has 0 radical (unpaired) electrons. The largest absolute Gasteiger partial charge is 0.508 e. The maximum Gasteiger partial charge on any atom is 0.427 e. The first kappa shape index (κ1) is 20.2. The molecule has 1 fully saturated rings. The zero-order valence-electron chi connectivity index (χ0n) is 18.6. The molecule has 3 heterocycles. The van der Waals surface area contributed by atoms with E-state index in [1.807, 2.05) is 30.1 Å². The number of hydrogen-bond donors (Lipinski definition) is 2. The molecule has 0 aromatic heterocycles. The molecule has 2 N–H and O–H groups in total. The molecule has 164 valence electrons. The average Bonchev–Trinajstić information content (AvgIpc) is 3.15. The van der Waals surface area contributed by atoms with Crippen LogP contribution in [0, 0.1) is 0 Å². The molecule has 0 saturated carbocycles. The Kier molecular flexibility index (Phi) is 4.64. The Morgan fingerprint density at radius 2 is 2.00 bits per heavy atom. The van der Waals surface area contributed by atoms with Crippen LogP contribution in [-0.4, -0.2) is 54.5 Å². The van der Waals surface area contributed by atoms with Crippen LogP contribution in [0.4, 0.5) is 10.5 Å². The number of likely N-dealkylation sites (tertiary alicyclic amines) is 1. The van der Waals surface area contributed by atoms with Crippen LogP contribution in [0.3, 0.4) is 0 Å². The number of likely N-dealkylation sites (N-methyl/N-ethyl adjacent to an activating group) is 2. The second-order valence-electron chi connectivity index (χ2n) is 9.32. The van der Waals surface area contributed by atoms with Gasteiger partial charge >= 0.3 is 6.09 Å². The van der Waals surface area contributed by atoms with E-state index in [-0.39, 0.29) is 17.2 Å². The Morgan fingerprint density at radius 1 is 1.19 bits per heavy atom. The molecule has 31 heavy (non-hydrogen) atoms. The molecule has 0 spiro atoms. The van der Waals surface area contributed by atoms with Crippen molar-refractivity contribution in [1.29, 1.82) is 0 Å². The van der Waals surface area contributed by atoms with Gasteiger partial charge in [-0.05, 0) is 73.8 Å². The maximum absolute atomic E-state index is 12.7. The SMILES string of the molecule is CC1c2ccc(O)cc2CCN1NC(=O)Oc1ccc2c(c1)[C@]1(C)CCN(C)[C@@H]1N2C. The predicted octanol–water partition coefficient (Wildman–Crippen LogP) is 3.38. The van der Waals surface area contributed by atoms with Gasteiger partial charge in [0.25, 0.3) is 0 Å². The number of hydrogen-bond acceptors (Lipinski definition) is 6. The van der Waals surface area contributed by atoms with Crippen molar-refractivity contribution < 1.29 is 14.6 Å². The molecule has 7 heteroatoms. The smallest absolute Gasteiger partial charge is 0.427 e. The van der Waals surface area contributed by atoms with Gasteiger partial charge in [-0.1, -0.05) is 13.0 Å². The molecule has 5 rings (SSSR count). The van der Waals surface area contributed by atoms with E-state index >= 15 is 0 Å². The zero-order valence-corrected chi connectivity index (χ0v) is 18.6. The summed E-state index contributed by atoms with van der Waals surface area (Å²) < 4.78 is 5.69. The zero-order chi connectivity index (χ0) is 21.9. The van der Waals surface area contributed by atoms with E-state index in [9.17, 15) is 9.90 Å². The van der Waals surface area contributed by atoms with Gasteiger partial charge < -0.3 is 14.7 Å². The third-order valence-electron chi connectivity index (χ3n) is 7.41. The number of nitrogens with zero attached hydrogens (tertiary/aromatic N) is 3. The van der Waals surface area contributed by atoms with Crippen LogP contribution in [0.15, 0.2) is 36.4 Å². The fourth-order valence-electron chi connectivity index (χ4n) is 5.84. The number of hydrazine groups is 1. The van der Waals surface area contributed by atoms with Crippen LogP contribution in [0.5, 0.6) is 11.5 Å². The number of ether oxygens (including phenoxy) is 1. The molecule has 3 atom stereocenters. The third-order valence-corrected chi connectivity index (χ3v) is 7.41. The lowest BCUT2D eigenvalue weighted by Crippen LogP contribution is -2.48. The molecule has 2 aromatic rings. The molecular weight excluding hydrogens is 392 g/mol. The van der Waals surface area contributed by atoms with E-state index in [1.165, 1.54) is 11.3 Å². The number of benzene rings is 2. The minimum absolute atomic E-state index is 0.000680. The molecule has 3 aliphatic rings. The summed E-state index contributed by atoms with van der Waals surface area (Å²) in [5.41, 5.74) is 7.61. The van der Waals surface area contributed by atoms with Crippen molar-refractivity contribution in [3.63, 3.8) is 0 Å². The topological polar surface area (TPSA) is 68.3 Å². The normalized spacial score (nSPS) is 27.5. The standard InChI is InChI=1S/C24H30N4O3/c1-15-19-7-5-17(29)13-16(19)9-11-28(15)25-23(30)31-18-6-8-21-20(14-18)24(2)10-12-26(3)22(24)27(21)4/h5-8,13-15,22,29H,9-12H2,1-4H3,(H,25,30)/t15?,22-,24+/m1/s1.